The van der Waals surface area contributed by atoms with Crippen LogP contribution in [-0.4, -0.2) is 130 Å². The summed E-state index contributed by atoms with van der Waals surface area (Å²) in [6.45, 7) is 7.38. The van der Waals surface area contributed by atoms with Crippen LogP contribution in [0.3, 0.4) is 0 Å². The van der Waals surface area contributed by atoms with Crippen LogP contribution in [0.25, 0.3) is 0 Å². The molecule has 2 aliphatic heterocycles. The number of nitrogens with zero attached hydrogens (tertiary/aromatic N) is 8. The van der Waals surface area contributed by atoms with Gasteiger partial charge in [0.15, 0.2) is 0 Å². The van der Waals surface area contributed by atoms with Gasteiger partial charge in [0.1, 0.15) is 0 Å². The maximum absolute atomic E-state index is 12.6. The second-order valence-electron chi connectivity index (χ2n) is 9.19. The highest BCUT2D eigenvalue weighted by Gasteiger charge is 2.23. The minimum absolute atomic E-state index is 0.0631. The quantitative estimate of drug-likeness (QED) is 0.313. The summed E-state index contributed by atoms with van der Waals surface area (Å²) < 4.78 is 5.73. The molecule has 15 nitrogen and oxygen atoms in total. The highest BCUT2D eigenvalue weighted by molar-refractivity contribution is 5.86. The number of piperazine rings is 2. The molecule has 2 saturated heterocycles. The zero-order valence-electron chi connectivity index (χ0n) is 21.6. The average Bonchev–Trinajstić information content (AvgIpc) is 2.96. The Morgan fingerprint density at radius 2 is 1.36 bits per heavy atom. The fourth-order valence-electron chi connectivity index (χ4n) is 4.32. The third-order valence-corrected chi connectivity index (χ3v) is 6.60. The Labute approximate surface area is 225 Å². The van der Waals surface area contributed by atoms with Gasteiger partial charge in [-0.3, -0.25) is 9.69 Å². The van der Waals surface area contributed by atoms with Crippen LogP contribution in [0.2, 0.25) is 0 Å². The summed E-state index contributed by atoms with van der Waals surface area (Å²) in [4.78, 5) is 59.2. The number of amides is 2. The van der Waals surface area contributed by atoms with Gasteiger partial charge in [-0.05, 0) is 0 Å². The predicted molar refractivity (Wildman–Crippen MR) is 139 cm³/mol. The Balaban J connectivity index is 1.07. The highest BCUT2D eigenvalue weighted by Crippen LogP contribution is 2.13. The summed E-state index contributed by atoms with van der Waals surface area (Å²) in [6, 6.07) is 0. The minimum atomic E-state index is -1.10. The van der Waals surface area contributed by atoms with Crippen molar-refractivity contribution in [1.82, 2.24) is 35.1 Å². The molecule has 0 spiro atoms. The van der Waals surface area contributed by atoms with Gasteiger partial charge in [0.05, 0.1) is 25.2 Å². The number of carboxylic acid groups (broad SMARTS) is 2. The molecule has 2 aromatic heterocycles. The predicted octanol–water partition coefficient (Wildman–Crippen LogP) is -0.390. The van der Waals surface area contributed by atoms with Crippen molar-refractivity contribution in [2.75, 3.05) is 81.9 Å². The molecule has 210 valence electrons. The lowest BCUT2D eigenvalue weighted by Crippen LogP contribution is -2.49. The number of carbonyl (C=O) groups excluding carboxylic acids is 1. The Bertz CT molecular complexity index is 1100. The van der Waals surface area contributed by atoms with Crippen molar-refractivity contribution < 1.29 is 29.3 Å². The molecular formula is C24H33N9O6. The Morgan fingerprint density at radius 1 is 0.795 bits per heavy atom. The minimum Gasteiger partial charge on any atom is -0.478 e. The van der Waals surface area contributed by atoms with E-state index in [1.54, 1.807) is 12.4 Å². The fraction of sp³-hybridized carbons (Fsp3) is 0.542. The van der Waals surface area contributed by atoms with Crippen molar-refractivity contribution in [3.8, 4) is 0 Å². The van der Waals surface area contributed by atoms with Gasteiger partial charge in [0.25, 0.3) is 0 Å². The van der Waals surface area contributed by atoms with Crippen molar-refractivity contribution >= 4 is 29.9 Å². The maximum atomic E-state index is 12.6. The molecule has 4 heterocycles. The first-order valence-corrected chi connectivity index (χ1v) is 12.8. The summed E-state index contributed by atoms with van der Waals surface area (Å²) in [5.41, 5.74) is 0.748. The number of anilines is 2. The molecule has 2 fully saturated rings. The molecule has 39 heavy (non-hydrogen) atoms. The molecule has 0 aromatic carbocycles. The SMILES string of the molecule is O=C(O)NCc1cnc(N2CCN(C(=O)CCOCCN3CCN(c4ncc(C(=O)O)cn4)CC3)CC2)nc1. The lowest BCUT2D eigenvalue weighted by atomic mass is 10.3. The molecule has 2 aliphatic rings. The van der Waals surface area contributed by atoms with Crippen molar-refractivity contribution in [2.24, 2.45) is 0 Å². The number of carboxylic acids is 1. The smallest absolute Gasteiger partial charge is 0.404 e. The number of hydrogen-bond acceptors (Lipinski definition) is 11. The number of nitrogens with one attached hydrogen (secondary N) is 1. The van der Waals surface area contributed by atoms with Crippen LogP contribution >= 0.6 is 0 Å². The van der Waals surface area contributed by atoms with Gasteiger partial charge in [-0.2, -0.15) is 0 Å². The summed E-state index contributed by atoms with van der Waals surface area (Å²) in [6.07, 6.45) is 5.08. The van der Waals surface area contributed by atoms with E-state index >= 15 is 0 Å². The molecule has 15 heteroatoms. The summed E-state index contributed by atoms with van der Waals surface area (Å²) >= 11 is 0. The van der Waals surface area contributed by atoms with Crippen LogP contribution < -0.4 is 15.1 Å². The van der Waals surface area contributed by atoms with Gasteiger partial charge in [0.2, 0.25) is 17.8 Å². The first kappa shape index (κ1) is 27.9. The monoisotopic (exact) mass is 543 g/mol. The third kappa shape index (κ3) is 8.19. The van der Waals surface area contributed by atoms with E-state index in [0.29, 0.717) is 63.3 Å². The van der Waals surface area contributed by atoms with Crippen LogP contribution in [-0.2, 0) is 16.1 Å². The lowest BCUT2D eigenvalue weighted by molar-refractivity contribution is -0.132. The normalized spacial score (nSPS) is 16.3. The topological polar surface area (TPSA) is 177 Å². The Hall–Kier alpha value is -4.11. The zero-order valence-corrected chi connectivity index (χ0v) is 21.6. The van der Waals surface area contributed by atoms with E-state index in [2.05, 4.69) is 30.2 Å². The van der Waals surface area contributed by atoms with E-state index in [9.17, 15) is 14.4 Å². The second kappa shape index (κ2) is 13.6. The van der Waals surface area contributed by atoms with Crippen molar-refractivity contribution in [1.29, 1.82) is 0 Å². The van der Waals surface area contributed by atoms with Crippen molar-refractivity contribution in [2.45, 2.75) is 13.0 Å². The number of ether oxygens (including phenoxy) is 1. The second-order valence-corrected chi connectivity index (χ2v) is 9.19. The van der Waals surface area contributed by atoms with Gasteiger partial charge < -0.3 is 35.0 Å². The van der Waals surface area contributed by atoms with E-state index < -0.39 is 12.1 Å². The fourth-order valence-corrected chi connectivity index (χ4v) is 4.32. The number of aromatic nitrogens is 4. The van der Waals surface area contributed by atoms with Crippen molar-refractivity contribution in [3.63, 3.8) is 0 Å². The Kier molecular flexibility index (Phi) is 9.74. The van der Waals surface area contributed by atoms with Gasteiger partial charge in [-0.1, -0.05) is 0 Å². The number of hydrogen-bond donors (Lipinski definition) is 3. The van der Waals surface area contributed by atoms with E-state index in [-0.39, 0.29) is 18.0 Å². The van der Waals surface area contributed by atoms with Gasteiger partial charge >= 0.3 is 12.1 Å². The van der Waals surface area contributed by atoms with E-state index in [1.165, 1.54) is 12.4 Å². The molecule has 0 unspecified atom stereocenters. The van der Waals surface area contributed by atoms with Crippen molar-refractivity contribution in [3.05, 3.63) is 35.9 Å². The van der Waals surface area contributed by atoms with E-state index in [1.807, 2.05) is 14.7 Å². The molecule has 2 aromatic rings. The molecule has 2 amide bonds. The number of rotatable bonds is 11. The third-order valence-electron chi connectivity index (χ3n) is 6.60. The standard InChI is InChI=1S/C24H33N9O6/c34-20(31-6-8-33(9-7-31)22-25-13-18(14-26-22)15-29-24(37)38)1-11-39-12-10-30-2-4-32(5-3-30)23-27-16-19(17-28-23)21(35)36/h13-14,16-17,29H,1-12,15H2,(H,35,36)(H,37,38). The van der Waals surface area contributed by atoms with Crippen LogP contribution in [0.5, 0.6) is 0 Å². The van der Waals surface area contributed by atoms with Crippen LogP contribution in [0.1, 0.15) is 22.3 Å². The number of aromatic carboxylic acids is 1. The molecule has 4 rings (SSSR count). The number of carbonyl (C=O) groups is 3. The zero-order chi connectivity index (χ0) is 27.6. The first-order valence-electron chi connectivity index (χ1n) is 12.8. The van der Waals surface area contributed by atoms with Gasteiger partial charge in [-0.25, -0.2) is 29.5 Å². The Morgan fingerprint density at radius 3 is 1.92 bits per heavy atom. The molecule has 0 bridgehead atoms. The largest absolute Gasteiger partial charge is 0.478 e. The van der Waals surface area contributed by atoms with Crippen LogP contribution in [0, 0.1) is 0 Å². The van der Waals surface area contributed by atoms with E-state index in [0.717, 1.165) is 32.7 Å². The summed E-state index contributed by atoms with van der Waals surface area (Å²) in [7, 11) is 0. The molecule has 0 atom stereocenters. The average molecular weight is 544 g/mol. The van der Waals surface area contributed by atoms with Crippen LogP contribution in [0.4, 0.5) is 16.7 Å². The van der Waals surface area contributed by atoms with Gasteiger partial charge in [0, 0.05) is 95.8 Å². The lowest BCUT2D eigenvalue weighted by Gasteiger charge is -2.35. The van der Waals surface area contributed by atoms with Gasteiger partial charge in [-0.15, -0.1) is 0 Å². The van der Waals surface area contributed by atoms with E-state index in [4.69, 9.17) is 14.9 Å². The molecular weight excluding hydrogens is 510 g/mol. The molecule has 0 saturated carbocycles. The maximum Gasteiger partial charge on any atom is 0.404 e. The van der Waals surface area contributed by atoms with Crippen LogP contribution in [0.15, 0.2) is 24.8 Å². The highest BCUT2D eigenvalue weighted by atomic mass is 16.5. The molecule has 0 radical (unpaired) electrons. The summed E-state index contributed by atoms with van der Waals surface area (Å²) in [5.74, 6) is 0.118. The first-order chi connectivity index (χ1) is 18.9. The molecule has 3 N–H and O–H groups in total. The molecule has 0 aliphatic carbocycles. The summed E-state index contributed by atoms with van der Waals surface area (Å²) in [5, 5.41) is 19.9.